The molecule has 1 N–H and O–H groups in total. The van der Waals surface area contributed by atoms with Crippen LogP contribution in [-0.4, -0.2) is 39.9 Å². The SMILES string of the molecule is CC(=O)Oc1ccc(C[C@H]([As])C(=O)O)cc1OC(C)=O. The second-order valence-corrected chi connectivity index (χ2v) is 5.33. The molecule has 2 radical (unpaired) electrons. The van der Waals surface area contributed by atoms with Gasteiger partial charge in [0.2, 0.25) is 0 Å². The molecule has 0 aliphatic heterocycles. The van der Waals surface area contributed by atoms with Gasteiger partial charge in [-0.25, -0.2) is 0 Å². The molecule has 1 aromatic rings. The molecule has 0 saturated heterocycles. The van der Waals surface area contributed by atoms with Crippen LogP contribution in [0.5, 0.6) is 11.5 Å². The summed E-state index contributed by atoms with van der Waals surface area (Å²) < 4.78 is 9.25. The summed E-state index contributed by atoms with van der Waals surface area (Å²) in [6.45, 7) is 2.45. The average Bonchev–Trinajstić information content (AvgIpc) is 2.31. The fourth-order valence-corrected chi connectivity index (χ4v) is 1.91. The molecule has 0 aliphatic carbocycles. The number of hydrogen-bond acceptors (Lipinski definition) is 5. The Morgan fingerprint density at radius 1 is 1.15 bits per heavy atom. The number of carbonyl (C=O) groups is 3. The Morgan fingerprint density at radius 3 is 2.20 bits per heavy atom. The Kier molecular flexibility index (Phi) is 5.77. The standard InChI is InChI=1S/C13H13AsO6/c1-7(15)19-11-4-3-9(5-10(14)13(17)18)6-12(11)20-8(2)16/h3-4,6,10H,5H2,1-2H3,(H,17,18)/t10-/m0/s1. The van der Waals surface area contributed by atoms with E-state index in [-0.39, 0.29) is 17.9 Å². The van der Waals surface area contributed by atoms with E-state index in [1.165, 1.54) is 26.0 Å². The van der Waals surface area contributed by atoms with Crippen LogP contribution >= 0.6 is 0 Å². The summed E-state index contributed by atoms with van der Waals surface area (Å²) in [5, 5.41) is 8.86. The molecule has 0 amide bonds. The minimum absolute atomic E-state index is 0.0929. The molecule has 0 spiro atoms. The maximum atomic E-state index is 11.0. The number of benzene rings is 1. The zero-order chi connectivity index (χ0) is 15.3. The maximum absolute atomic E-state index is 11.0. The van der Waals surface area contributed by atoms with Crippen molar-refractivity contribution in [1.82, 2.24) is 0 Å². The second-order valence-electron chi connectivity index (χ2n) is 4.03. The number of carboxylic acids is 1. The van der Waals surface area contributed by atoms with Crippen LogP contribution in [0.3, 0.4) is 0 Å². The van der Waals surface area contributed by atoms with E-state index in [9.17, 15) is 14.4 Å². The number of rotatable bonds is 5. The molecule has 7 heteroatoms. The predicted octanol–water partition coefficient (Wildman–Crippen LogP) is 1.12. The van der Waals surface area contributed by atoms with Gasteiger partial charge in [0.05, 0.1) is 0 Å². The Bertz CT molecular complexity index is 540. The number of aliphatic carboxylic acids is 1. The van der Waals surface area contributed by atoms with Gasteiger partial charge < -0.3 is 0 Å². The van der Waals surface area contributed by atoms with Gasteiger partial charge in [-0.15, -0.1) is 0 Å². The zero-order valence-electron chi connectivity index (χ0n) is 11.0. The monoisotopic (exact) mass is 340 g/mol. The average molecular weight is 340 g/mol. The van der Waals surface area contributed by atoms with Crippen molar-refractivity contribution in [2.75, 3.05) is 0 Å². The fourth-order valence-electron chi connectivity index (χ4n) is 1.46. The molecule has 0 fully saturated rings. The van der Waals surface area contributed by atoms with Crippen LogP contribution in [0.4, 0.5) is 0 Å². The summed E-state index contributed by atoms with van der Waals surface area (Å²) in [6, 6.07) is 4.58. The van der Waals surface area contributed by atoms with Gasteiger partial charge in [-0.2, -0.15) is 0 Å². The minimum atomic E-state index is -0.942. The molecule has 0 aromatic heterocycles. The van der Waals surface area contributed by atoms with Gasteiger partial charge in [-0.05, 0) is 0 Å². The van der Waals surface area contributed by atoms with Crippen LogP contribution in [0.25, 0.3) is 0 Å². The van der Waals surface area contributed by atoms with Crippen molar-refractivity contribution >= 4 is 34.8 Å². The first kappa shape index (κ1) is 16.2. The molecule has 1 rings (SSSR count). The van der Waals surface area contributed by atoms with E-state index in [0.717, 1.165) is 0 Å². The Balaban J connectivity index is 3.03. The van der Waals surface area contributed by atoms with E-state index < -0.39 is 22.6 Å². The van der Waals surface area contributed by atoms with Crippen LogP contribution in [0.15, 0.2) is 18.2 Å². The van der Waals surface area contributed by atoms with E-state index in [0.29, 0.717) is 5.56 Å². The van der Waals surface area contributed by atoms with Gasteiger partial charge in [-0.3, -0.25) is 0 Å². The van der Waals surface area contributed by atoms with Crippen molar-refractivity contribution in [2.45, 2.75) is 25.0 Å². The van der Waals surface area contributed by atoms with Gasteiger partial charge in [-0.1, -0.05) is 0 Å². The molecule has 1 aromatic carbocycles. The molecular weight excluding hydrogens is 327 g/mol. The van der Waals surface area contributed by atoms with Crippen LogP contribution in [0, 0.1) is 0 Å². The van der Waals surface area contributed by atoms with Gasteiger partial charge >= 0.3 is 124 Å². The topological polar surface area (TPSA) is 89.9 Å². The summed E-state index contributed by atoms with van der Waals surface area (Å²) in [6.07, 6.45) is 0.254. The fraction of sp³-hybridized carbons (Fsp3) is 0.308. The van der Waals surface area contributed by atoms with Gasteiger partial charge in [0.15, 0.2) is 0 Å². The molecule has 106 valence electrons. The van der Waals surface area contributed by atoms with Crippen molar-refractivity contribution < 1.29 is 29.0 Å². The first-order chi connectivity index (χ1) is 9.29. The molecule has 0 aliphatic rings. The molecule has 0 bridgehead atoms. The third-order valence-electron chi connectivity index (χ3n) is 2.23. The number of ether oxygens (including phenoxy) is 2. The van der Waals surface area contributed by atoms with Crippen molar-refractivity contribution in [2.24, 2.45) is 0 Å². The Hall–Kier alpha value is -1.81. The van der Waals surface area contributed by atoms with E-state index in [2.05, 4.69) is 16.9 Å². The van der Waals surface area contributed by atoms with Crippen LogP contribution in [0.1, 0.15) is 19.4 Å². The van der Waals surface area contributed by atoms with Crippen LogP contribution in [0.2, 0.25) is 4.71 Å². The zero-order valence-corrected chi connectivity index (χ0v) is 12.8. The second kappa shape index (κ2) is 7.10. The number of hydrogen-bond donors (Lipinski definition) is 1. The summed E-state index contributed by atoms with van der Waals surface area (Å²) in [4.78, 5) is 32.8. The van der Waals surface area contributed by atoms with E-state index in [1.54, 1.807) is 6.07 Å². The summed E-state index contributed by atoms with van der Waals surface area (Å²) >= 11 is 2.06. The Labute approximate surface area is 124 Å². The van der Waals surface area contributed by atoms with E-state index in [4.69, 9.17) is 14.6 Å². The summed E-state index contributed by atoms with van der Waals surface area (Å²) in [5.41, 5.74) is 0.658. The molecule has 0 saturated carbocycles. The van der Waals surface area contributed by atoms with Crippen molar-refractivity contribution in [3.63, 3.8) is 0 Å². The molecule has 0 heterocycles. The number of esters is 2. The number of carboxylic acid groups (broad SMARTS) is 1. The first-order valence-electron chi connectivity index (χ1n) is 5.70. The third-order valence-corrected chi connectivity index (χ3v) is 3.08. The normalized spacial score (nSPS) is 11.6. The quantitative estimate of drug-likeness (QED) is 0.491. The van der Waals surface area contributed by atoms with Gasteiger partial charge in [0.25, 0.3) is 0 Å². The van der Waals surface area contributed by atoms with Crippen molar-refractivity contribution in [1.29, 1.82) is 0 Å². The molecule has 0 unspecified atom stereocenters. The summed E-state index contributed by atoms with van der Waals surface area (Å²) in [7, 11) is 0. The van der Waals surface area contributed by atoms with E-state index >= 15 is 0 Å². The predicted molar refractivity (Wildman–Crippen MR) is 69.9 cm³/mol. The van der Waals surface area contributed by atoms with E-state index in [1.807, 2.05) is 0 Å². The molecule has 20 heavy (non-hydrogen) atoms. The molecular formula is C13H13AsO6. The summed E-state index contributed by atoms with van der Waals surface area (Å²) in [5.74, 6) is -1.83. The van der Waals surface area contributed by atoms with Crippen LogP contribution in [-0.2, 0) is 20.8 Å². The van der Waals surface area contributed by atoms with Crippen molar-refractivity contribution in [3.8, 4) is 11.5 Å². The van der Waals surface area contributed by atoms with Crippen LogP contribution < -0.4 is 9.47 Å². The van der Waals surface area contributed by atoms with Gasteiger partial charge in [0, 0.05) is 0 Å². The number of carbonyl (C=O) groups excluding carboxylic acids is 2. The third kappa shape index (κ3) is 5.05. The first-order valence-corrected chi connectivity index (χ1v) is 6.78. The molecule has 1 atom stereocenters. The Morgan fingerprint density at radius 2 is 1.70 bits per heavy atom. The van der Waals surface area contributed by atoms with Crippen molar-refractivity contribution in [3.05, 3.63) is 23.8 Å². The molecule has 6 nitrogen and oxygen atoms in total. The van der Waals surface area contributed by atoms with Gasteiger partial charge in [0.1, 0.15) is 0 Å².